The van der Waals surface area contributed by atoms with Crippen LogP contribution >= 0.6 is 0 Å². The van der Waals surface area contributed by atoms with E-state index in [1.54, 1.807) is 18.2 Å². The Balaban J connectivity index is 2.31. The Morgan fingerprint density at radius 2 is 1.85 bits per heavy atom. The molecule has 2 rings (SSSR count). The van der Waals surface area contributed by atoms with Gasteiger partial charge >= 0.3 is 6.18 Å². The smallest absolute Gasteiger partial charge is 0.380 e. The number of halogens is 3. The van der Waals surface area contributed by atoms with Gasteiger partial charge in [0, 0.05) is 24.8 Å². The largest absolute Gasteiger partial charge is 0.418 e. The molecule has 26 heavy (non-hydrogen) atoms. The summed E-state index contributed by atoms with van der Waals surface area (Å²) in [7, 11) is -2.79. The molecule has 4 N–H and O–H groups in total. The third-order valence-electron chi connectivity index (χ3n) is 3.52. The minimum absolute atomic E-state index is 0.00262. The molecule has 0 radical (unpaired) electrons. The Morgan fingerprint density at radius 3 is 2.42 bits per heavy atom. The molecule has 140 valence electrons. The highest BCUT2D eigenvalue weighted by atomic mass is 32.2. The molecule has 0 fully saturated rings. The van der Waals surface area contributed by atoms with Gasteiger partial charge in [0.1, 0.15) is 0 Å². The molecular formula is C16H16F3N3O3S. The molecule has 0 heterocycles. The quantitative estimate of drug-likeness (QED) is 0.733. The lowest BCUT2D eigenvalue weighted by molar-refractivity contribution is -0.137. The van der Waals surface area contributed by atoms with Gasteiger partial charge in [-0.15, -0.1) is 0 Å². The molecule has 0 bridgehead atoms. The minimum Gasteiger partial charge on any atom is -0.380 e. The number of alkyl halides is 3. The van der Waals surface area contributed by atoms with Gasteiger partial charge in [0.25, 0.3) is 5.91 Å². The molecule has 10 heteroatoms. The molecule has 0 atom stereocenters. The topological polar surface area (TPSA) is 101 Å². The first kappa shape index (κ1) is 19.7. The van der Waals surface area contributed by atoms with Gasteiger partial charge in [0.2, 0.25) is 10.0 Å². The van der Waals surface area contributed by atoms with Crippen molar-refractivity contribution in [1.29, 1.82) is 0 Å². The zero-order valence-electron chi connectivity index (χ0n) is 13.6. The highest BCUT2D eigenvalue weighted by molar-refractivity contribution is 7.89. The number of hydrogen-bond acceptors (Lipinski definition) is 4. The average Bonchev–Trinajstić information content (AvgIpc) is 2.57. The second-order valence-electron chi connectivity index (χ2n) is 5.38. The molecule has 0 aliphatic rings. The predicted octanol–water partition coefficient (Wildman–Crippen LogP) is 2.32. The summed E-state index contributed by atoms with van der Waals surface area (Å²) in [5.74, 6) is -0.319. The number of sulfonamides is 1. The fourth-order valence-electron chi connectivity index (χ4n) is 2.25. The number of primary sulfonamides is 1. The zero-order valence-corrected chi connectivity index (χ0v) is 14.4. The maximum atomic E-state index is 13.2. The van der Waals surface area contributed by atoms with E-state index in [9.17, 15) is 26.4 Å². The van der Waals surface area contributed by atoms with Crippen molar-refractivity contribution >= 4 is 21.6 Å². The van der Waals surface area contributed by atoms with Gasteiger partial charge in [-0.25, -0.2) is 13.6 Å². The maximum absolute atomic E-state index is 13.2. The summed E-state index contributed by atoms with van der Waals surface area (Å²) in [6, 6.07) is 8.85. The zero-order chi connectivity index (χ0) is 19.5. The third kappa shape index (κ3) is 4.73. The first-order valence-corrected chi connectivity index (χ1v) is 8.86. The number of rotatable bonds is 5. The fraction of sp³-hybridized carbons (Fsp3) is 0.188. The van der Waals surface area contributed by atoms with E-state index in [0.29, 0.717) is 17.2 Å². The maximum Gasteiger partial charge on any atom is 0.418 e. The van der Waals surface area contributed by atoms with Crippen molar-refractivity contribution in [3.63, 3.8) is 0 Å². The molecule has 2 aromatic rings. The highest BCUT2D eigenvalue weighted by Crippen LogP contribution is 2.36. The second-order valence-corrected chi connectivity index (χ2v) is 6.94. The van der Waals surface area contributed by atoms with E-state index in [-0.39, 0.29) is 18.1 Å². The van der Waals surface area contributed by atoms with Crippen LogP contribution in [0.5, 0.6) is 0 Å². The van der Waals surface area contributed by atoms with Crippen LogP contribution < -0.4 is 15.8 Å². The van der Waals surface area contributed by atoms with E-state index in [1.807, 2.05) is 0 Å². The highest BCUT2D eigenvalue weighted by Gasteiger charge is 2.34. The first-order chi connectivity index (χ1) is 12.0. The van der Waals surface area contributed by atoms with Crippen LogP contribution in [0.4, 0.5) is 18.9 Å². The molecule has 1 amide bonds. The average molecular weight is 387 g/mol. The van der Waals surface area contributed by atoms with Crippen molar-refractivity contribution in [2.45, 2.75) is 17.6 Å². The Hall–Kier alpha value is -2.59. The number of carbonyl (C=O) groups excluding carboxylic acids is 1. The number of anilines is 1. The number of hydrogen-bond donors (Lipinski definition) is 3. The van der Waals surface area contributed by atoms with Crippen LogP contribution in [-0.4, -0.2) is 21.4 Å². The lowest BCUT2D eigenvalue weighted by Crippen LogP contribution is -2.18. The van der Waals surface area contributed by atoms with Crippen molar-refractivity contribution < 1.29 is 26.4 Å². The summed E-state index contributed by atoms with van der Waals surface area (Å²) in [5.41, 5.74) is -0.496. The third-order valence-corrected chi connectivity index (χ3v) is 4.44. The van der Waals surface area contributed by atoms with Crippen LogP contribution in [-0.2, 0) is 22.7 Å². The second kappa shape index (κ2) is 7.34. The first-order valence-electron chi connectivity index (χ1n) is 7.31. The summed E-state index contributed by atoms with van der Waals surface area (Å²) < 4.78 is 62.3. The minimum atomic E-state index is -4.77. The van der Waals surface area contributed by atoms with Crippen LogP contribution in [0.25, 0.3) is 0 Å². The number of nitrogens with one attached hydrogen (secondary N) is 2. The lowest BCUT2D eigenvalue weighted by atomic mass is 10.1. The number of carbonyl (C=O) groups is 1. The van der Waals surface area contributed by atoms with Gasteiger partial charge in [0.15, 0.2) is 0 Å². The van der Waals surface area contributed by atoms with E-state index in [4.69, 9.17) is 5.14 Å². The van der Waals surface area contributed by atoms with Gasteiger partial charge in [-0.1, -0.05) is 12.1 Å². The van der Waals surface area contributed by atoms with E-state index >= 15 is 0 Å². The predicted molar refractivity (Wildman–Crippen MR) is 90.0 cm³/mol. The molecule has 0 saturated heterocycles. The van der Waals surface area contributed by atoms with Crippen LogP contribution in [0.15, 0.2) is 47.4 Å². The Morgan fingerprint density at radius 1 is 1.15 bits per heavy atom. The van der Waals surface area contributed by atoms with Gasteiger partial charge in [-0.05, 0) is 35.9 Å². The van der Waals surface area contributed by atoms with Crippen LogP contribution in [0.2, 0.25) is 0 Å². The van der Waals surface area contributed by atoms with Gasteiger partial charge in [0.05, 0.1) is 10.5 Å². The number of nitrogens with two attached hydrogens (primary N) is 1. The SMILES string of the molecule is CNC(=O)c1cccc(CNc2ccc(S(N)(=O)=O)cc2C(F)(F)F)c1. The molecule has 6 nitrogen and oxygen atoms in total. The van der Waals surface area contributed by atoms with Crippen molar-refractivity contribution in [2.75, 3.05) is 12.4 Å². The Kier molecular flexibility index (Phi) is 5.57. The lowest BCUT2D eigenvalue weighted by Gasteiger charge is -2.16. The molecule has 2 aromatic carbocycles. The number of amides is 1. The molecule has 0 unspecified atom stereocenters. The molecular weight excluding hydrogens is 371 g/mol. The summed E-state index contributed by atoms with van der Waals surface area (Å²) in [4.78, 5) is 11.0. The normalized spacial score (nSPS) is 11.9. The van der Waals surface area contributed by atoms with Crippen LogP contribution in [0.1, 0.15) is 21.5 Å². The molecule has 0 saturated carbocycles. The van der Waals surface area contributed by atoms with Crippen molar-refractivity contribution in [1.82, 2.24) is 5.32 Å². The fourth-order valence-corrected chi connectivity index (χ4v) is 2.79. The van der Waals surface area contributed by atoms with E-state index in [2.05, 4.69) is 10.6 Å². The molecule has 0 aromatic heterocycles. The van der Waals surface area contributed by atoms with E-state index in [0.717, 1.165) is 12.1 Å². The molecule has 0 aliphatic heterocycles. The van der Waals surface area contributed by atoms with Crippen LogP contribution in [0.3, 0.4) is 0 Å². The Labute approximate surface area is 148 Å². The molecule has 0 spiro atoms. The van der Waals surface area contributed by atoms with Gasteiger partial charge < -0.3 is 10.6 Å². The van der Waals surface area contributed by atoms with E-state index < -0.39 is 26.7 Å². The monoisotopic (exact) mass is 387 g/mol. The van der Waals surface area contributed by atoms with Crippen LogP contribution in [0, 0.1) is 0 Å². The van der Waals surface area contributed by atoms with Gasteiger partial charge in [-0.3, -0.25) is 4.79 Å². The summed E-state index contributed by atoms with van der Waals surface area (Å²) in [5, 5.41) is 9.96. The van der Waals surface area contributed by atoms with Gasteiger partial charge in [-0.2, -0.15) is 13.2 Å². The summed E-state index contributed by atoms with van der Waals surface area (Å²) in [6.45, 7) is 0.00262. The Bertz CT molecular complexity index is 928. The standard InChI is InChI=1S/C16H16F3N3O3S/c1-21-15(23)11-4-2-3-10(7-11)9-22-14-6-5-12(26(20,24)25)8-13(14)16(17,18)19/h2-8,22H,9H2,1H3,(H,21,23)(H2,20,24,25). The summed E-state index contributed by atoms with van der Waals surface area (Å²) in [6.07, 6.45) is -4.77. The molecule has 0 aliphatic carbocycles. The van der Waals surface area contributed by atoms with Crippen molar-refractivity contribution in [3.8, 4) is 0 Å². The summed E-state index contributed by atoms with van der Waals surface area (Å²) >= 11 is 0. The number of benzene rings is 2. The van der Waals surface area contributed by atoms with Crippen molar-refractivity contribution in [2.24, 2.45) is 5.14 Å². The van der Waals surface area contributed by atoms with E-state index in [1.165, 1.54) is 13.1 Å². The van der Waals surface area contributed by atoms with Crippen molar-refractivity contribution in [3.05, 3.63) is 59.2 Å².